The Morgan fingerprint density at radius 1 is 1.33 bits per heavy atom. The van der Waals surface area contributed by atoms with Crippen molar-refractivity contribution in [2.24, 2.45) is 0 Å². The molecule has 0 heterocycles. The Labute approximate surface area is 75.4 Å². The normalized spacial score (nSPS) is 16.0. The van der Waals surface area contributed by atoms with Crippen molar-refractivity contribution in [3.63, 3.8) is 0 Å². The SMILES string of the molecule is CCOCC(NC)C(CC)OC. The van der Waals surface area contributed by atoms with E-state index in [2.05, 4.69) is 12.2 Å². The molecule has 74 valence electrons. The lowest BCUT2D eigenvalue weighted by Crippen LogP contribution is -2.42. The van der Waals surface area contributed by atoms with E-state index < -0.39 is 0 Å². The quantitative estimate of drug-likeness (QED) is 0.627. The van der Waals surface area contributed by atoms with E-state index in [0.29, 0.717) is 6.04 Å². The van der Waals surface area contributed by atoms with Crippen molar-refractivity contribution in [3.8, 4) is 0 Å². The van der Waals surface area contributed by atoms with Crippen LogP contribution in [0.15, 0.2) is 0 Å². The minimum Gasteiger partial charge on any atom is -0.380 e. The molecule has 0 aromatic rings. The molecule has 0 amide bonds. The molecule has 12 heavy (non-hydrogen) atoms. The van der Waals surface area contributed by atoms with Crippen molar-refractivity contribution in [2.45, 2.75) is 32.4 Å². The topological polar surface area (TPSA) is 30.5 Å². The third kappa shape index (κ3) is 4.04. The van der Waals surface area contributed by atoms with Crippen LogP contribution in [-0.4, -0.2) is 39.5 Å². The molecule has 0 spiro atoms. The van der Waals surface area contributed by atoms with Gasteiger partial charge in [0.05, 0.1) is 18.8 Å². The van der Waals surface area contributed by atoms with E-state index in [-0.39, 0.29) is 6.10 Å². The van der Waals surface area contributed by atoms with E-state index in [1.54, 1.807) is 7.11 Å². The number of hydrogen-bond acceptors (Lipinski definition) is 3. The lowest BCUT2D eigenvalue weighted by atomic mass is 10.1. The number of likely N-dealkylation sites (N-methyl/N-ethyl adjacent to an activating group) is 1. The second kappa shape index (κ2) is 7.53. The number of hydrogen-bond donors (Lipinski definition) is 1. The molecule has 0 aliphatic carbocycles. The molecular formula is C9H21NO2. The summed E-state index contributed by atoms with van der Waals surface area (Å²) in [6.45, 7) is 5.60. The second-order valence-electron chi connectivity index (χ2n) is 2.74. The van der Waals surface area contributed by atoms with Crippen LogP contribution in [0.4, 0.5) is 0 Å². The minimum atomic E-state index is 0.251. The van der Waals surface area contributed by atoms with Crippen molar-refractivity contribution >= 4 is 0 Å². The molecule has 1 N–H and O–H groups in total. The molecule has 2 unspecified atom stereocenters. The molecule has 0 rings (SSSR count). The Morgan fingerprint density at radius 2 is 2.00 bits per heavy atom. The van der Waals surface area contributed by atoms with Crippen LogP contribution in [0.2, 0.25) is 0 Å². The van der Waals surface area contributed by atoms with Gasteiger partial charge in [-0.15, -0.1) is 0 Å². The molecule has 0 aliphatic rings. The van der Waals surface area contributed by atoms with Gasteiger partial charge in [-0.1, -0.05) is 6.92 Å². The summed E-state index contributed by atoms with van der Waals surface area (Å²) in [5, 5.41) is 3.19. The maximum atomic E-state index is 5.33. The molecule has 3 nitrogen and oxygen atoms in total. The van der Waals surface area contributed by atoms with Crippen molar-refractivity contribution < 1.29 is 9.47 Å². The molecule has 0 saturated carbocycles. The summed E-state index contributed by atoms with van der Waals surface area (Å²) >= 11 is 0. The third-order valence-electron chi connectivity index (χ3n) is 2.03. The monoisotopic (exact) mass is 175 g/mol. The van der Waals surface area contributed by atoms with Gasteiger partial charge < -0.3 is 14.8 Å². The van der Waals surface area contributed by atoms with Crippen LogP contribution in [0.5, 0.6) is 0 Å². The Bertz CT molecular complexity index is 94.5. The number of methoxy groups -OCH3 is 1. The fourth-order valence-electron chi connectivity index (χ4n) is 1.24. The van der Waals surface area contributed by atoms with Gasteiger partial charge in [0.25, 0.3) is 0 Å². The summed E-state index contributed by atoms with van der Waals surface area (Å²) in [7, 11) is 3.68. The average Bonchev–Trinajstić information content (AvgIpc) is 2.12. The van der Waals surface area contributed by atoms with Crippen LogP contribution in [0, 0.1) is 0 Å². The first kappa shape index (κ1) is 11.9. The zero-order chi connectivity index (χ0) is 9.40. The van der Waals surface area contributed by atoms with Crippen LogP contribution >= 0.6 is 0 Å². The molecular weight excluding hydrogens is 154 g/mol. The first-order chi connectivity index (χ1) is 5.79. The van der Waals surface area contributed by atoms with E-state index in [1.807, 2.05) is 14.0 Å². The van der Waals surface area contributed by atoms with Gasteiger partial charge in [0, 0.05) is 13.7 Å². The van der Waals surface area contributed by atoms with Gasteiger partial charge in [0.1, 0.15) is 0 Å². The van der Waals surface area contributed by atoms with Gasteiger partial charge in [-0.3, -0.25) is 0 Å². The van der Waals surface area contributed by atoms with Crippen LogP contribution in [0.3, 0.4) is 0 Å². The fourth-order valence-corrected chi connectivity index (χ4v) is 1.24. The maximum absolute atomic E-state index is 5.33. The molecule has 0 aliphatic heterocycles. The highest BCUT2D eigenvalue weighted by Gasteiger charge is 2.17. The van der Waals surface area contributed by atoms with E-state index >= 15 is 0 Å². The van der Waals surface area contributed by atoms with Crippen molar-refractivity contribution in [2.75, 3.05) is 27.4 Å². The minimum absolute atomic E-state index is 0.251. The van der Waals surface area contributed by atoms with Crippen molar-refractivity contribution in [3.05, 3.63) is 0 Å². The van der Waals surface area contributed by atoms with Gasteiger partial charge in [-0.25, -0.2) is 0 Å². The van der Waals surface area contributed by atoms with Gasteiger partial charge in [-0.05, 0) is 20.4 Å². The van der Waals surface area contributed by atoms with Gasteiger partial charge in [0.2, 0.25) is 0 Å². The van der Waals surface area contributed by atoms with Crippen LogP contribution in [-0.2, 0) is 9.47 Å². The molecule has 3 heteroatoms. The Kier molecular flexibility index (Phi) is 7.45. The van der Waals surface area contributed by atoms with Crippen LogP contribution in [0.25, 0.3) is 0 Å². The zero-order valence-corrected chi connectivity index (χ0v) is 8.59. The van der Waals surface area contributed by atoms with Gasteiger partial charge in [0.15, 0.2) is 0 Å². The van der Waals surface area contributed by atoms with Gasteiger partial charge in [-0.2, -0.15) is 0 Å². The molecule has 2 atom stereocenters. The highest BCUT2D eigenvalue weighted by atomic mass is 16.5. The molecule has 0 saturated heterocycles. The summed E-state index contributed by atoms with van der Waals surface area (Å²) in [6.07, 6.45) is 1.26. The highest BCUT2D eigenvalue weighted by Crippen LogP contribution is 2.03. The molecule has 0 fully saturated rings. The summed E-state index contributed by atoms with van der Waals surface area (Å²) < 4.78 is 10.6. The van der Waals surface area contributed by atoms with Crippen molar-refractivity contribution in [1.29, 1.82) is 0 Å². The summed E-state index contributed by atoms with van der Waals surface area (Å²) in [4.78, 5) is 0. The lowest BCUT2D eigenvalue weighted by Gasteiger charge is -2.24. The maximum Gasteiger partial charge on any atom is 0.0744 e. The average molecular weight is 175 g/mol. The molecule has 0 aromatic carbocycles. The standard InChI is InChI=1S/C9H21NO2/c1-5-9(11-4)8(10-3)7-12-6-2/h8-10H,5-7H2,1-4H3. The van der Waals surface area contributed by atoms with Crippen LogP contribution < -0.4 is 5.32 Å². The number of ether oxygens (including phenoxy) is 2. The summed E-state index contributed by atoms with van der Waals surface area (Å²) in [5.41, 5.74) is 0. The fraction of sp³-hybridized carbons (Fsp3) is 1.00. The largest absolute Gasteiger partial charge is 0.380 e. The molecule has 0 bridgehead atoms. The van der Waals surface area contributed by atoms with Crippen LogP contribution in [0.1, 0.15) is 20.3 Å². The Balaban J connectivity index is 3.75. The van der Waals surface area contributed by atoms with E-state index in [1.165, 1.54) is 0 Å². The second-order valence-corrected chi connectivity index (χ2v) is 2.74. The first-order valence-corrected chi connectivity index (χ1v) is 4.57. The van der Waals surface area contributed by atoms with Gasteiger partial charge >= 0.3 is 0 Å². The molecule has 0 aromatic heterocycles. The van der Waals surface area contributed by atoms with E-state index in [9.17, 15) is 0 Å². The zero-order valence-electron chi connectivity index (χ0n) is 8.59. The highest BCUT2D eigenvalue weighted by molar-refractivity contribution is 4.73. The first-order valence-electron chi connectivity index (χ1n) is 4.57. The van der Waals surface area contributed by atoms with Crippen molar-refractivity contribution in [1.82, 2.24) is 5.32 Å². The Morgan fingerprint density at radius 3 is 2.33 bits per heavy atom. The van der Waals surface area contributed by atoms with E-state index in [4.69, 9.17) is 9.47 Å². The number of nitrogens with one attached hydrogen (secondary N) is 1. The van der Waals surface area contributed by atoms with E-state index in [0.717, 1.165) is 19.6 Å². The molecule has 0 radical (unpaired) electrons. The summed E-state index contributed by atoms with van der Waals surface area (Å²) in [5.74, 6) is 0. The lowest BCUT2D eigenvalue weighted by molar-refractivity contribution is 0.0248. The third-order valence-corrected chi connectivity index (χ3v) is 2.03. The smallest absolute Gasteiger partial charge is 0.0744 e. The Hall–Kier alpha value is -0.120. The predicted octanol–water partition coefficient (Wildman–Crippen LogP) is 1.04. The predicted molar refractivity (Wildman–Crippen MR) is 50.4 cm³/mol. The summed E-state index contributed by atoms with van der Waals surface area (Å²) in [6, 6.07) is 0.306. The number of rotatable bonds is 7.